The Labute approximate surface area is 180 Å². The van der Waals surface area contributed by atoms with Crippen molar-refractivity contribution in [2.75, 3.05) is 11.9 Å². The summed E-state index contributed by atoms with van der Waals surface area (Å²) in [6, 6.07) is 7.55. The smallest absolute Gasteiger partial charge is 0.245 e. The van der Waals surface area contributed by atoms with E-state index in [1.807, 2.05) is 20.8 Å². The highest BCUT2D eigenvalue weighted by molar-refractivity contribution is 6.08. The average molecular weight is 426 g/mol. The molecule has 2 atom stereocenters. The van der Waals surface area contributed by atoms with Crippen molar-refractivity contribution in [2.45, 2.75) is 51.9 Å². The van der Waals surface area contributed by atoms with Gasteiger partial charge in [-0.25, -0.2) is 9.07 Å². The second kappa shape index (κ2) is 7.90. The summed E-state index contributed by atoms with van der Waals surface area (Å²) < 4.78 is 14.9. The van der Waals surface area contributed by atoms with E-state index in [0.717, 1.165) is 23.4 Å². The van der Waals surface area contributed by atoms with Gasteiger partial charge in [0.25, 0.3) is 0 Å². The van der Waals surface area contributed by atoms with E-state index < -0.39 is 5.91 Å². The first kappa shape index (κ1) is 21.2. The Kier molecular flexibility index (Phi) is 5.41. The average Bonchev–Trinajstić information content (AvgIpc) is 3.24. The normalized spacial score (nSPS) is 21.4. The third-order valence-corrected chi connectivity index (χ3v) is 6.05. The number of anilines is 1. The highest BCUT2D eigenvalue weighted by atomic mass is 19.1. The quantitative estimate of drug-likeness (QED) is 0.760. The second-order valence-corrected chi connectivity index (χ2v) is 9.36. The maximum Gasteiger partial charge on any atom is 0.245 e. The molecule has 0 bridgehead atoms. The van der Waals surface area contributed by atoms with Crippen molar-refractivity contribution in [3.05, 3.63) is 41.8 Å². The van der Waals surface area contributed by atoms with Crippen LogP contribution in [-0.2, 0) is 19.8 Å². The van der Waals surface area contributed by atoms with Gasteiger partial charge in [0.2, 0.25) is 17.7 Å². The SMILES string of the molecule is CC(C)(C)c1cc(NC(=O)CN2C(=O)C3CCCCC3C2=O)n(-c2ccc(F)cc2)n1. The number of nitrogens with one attached hydrogen (secondary N) is 1. The number of carbonyl (C=O) groups excluding carboxylic acids is 3. The third-order valence-electron chi connectivity index (χ3n) is 6.05. The van der Waals surface area contributed by atoms with Crippen molar-refractivity contribution in [1.82, 2.24) is 14.7 Å². The molecule has 7 nitrogen and oxygen atoms in total. The molecule has 4 rings (SSSR count). The molecule has 2 heterocycles. The molecule has 1 N–H and O–H groups in total. The molecule has 8 heteroatoms. The van der Waals surface area contributed by atoms with Crippen LogP contribution in [0.2, 0.25) is 0 Å². The van der Waals surface area contributed by atoms with Crippen LogP contribution in [0.3, 0.4) is 0 Å². The van der Waals surface area contributed by atoms with Gasteiger partial charge in [-0.15, -0.1) is 0 Å². The molecule has 1 aliphatic carbocycles. The molecule has 1 aromatic carbocycles. The van der Waals surface area contributed by atoms with Crippen LogP contribution in [0, 0.1) is 17.7 Å². The number of halogens is 1. The Hall–Kier alpha value is -3.03. The van der Waals surface area contributed by atoms with Crippen molar-refractivity contribution in [3.8, 4) is 5.69 Å². The number of aromatic nitrogens is 2. The van der Waals surface area contributed by atoms with E-state index in [1.54, 1.807) is 18.2 Å². The number of amides is 3. The minimum absolute atomic E-state index is 0.243. The second-order valence-electron chi connectivity index (χ2n) is 9.36. The molecule has 3 amide bonds. The van der Waals surface area contributed by atoms with Crippen LogP contribution in [0.1, 0.15) is 52.1 Å². The number of nitrogens with zero attached hydrogens (tertiary/aromatic N) is 3. The summed E-state index contributed by atoms with van der Waals surface area (Å²) in [6.45, 7) is 5.68. The molecule has 0 radical (unpaired) electrons. The number of benzene rings is 1. The fourth-order valence-corrected chi connectivity index (χ4v) is 4.33. The largest absolute Gasteiger partial charge is 0.309 e. The monoisotopic (exact) mass is 426 g/mol. The van der Waals surface area contributed by atoms with E-state index >= 15 is 0 Å². The highest BCUT2D eigenvalue weighted by Crippen LogP contribution is 2.38. The standard InChI is InChI=1S/C23H27FN4O3/c1-23(2,3)18-12-19(28(26-18)15-10-8-14(24)9-11-15)25-20(29)13-27-21(30)16-6-4-5-7-17(16)22(27)31/h8-12,16-17H,4-7,13H2,1-3H3,(H,25,29). The molecule has 31 heavy (non-hydrogen) atoms. The Morgan fingerprint density at radius 3 is 2.23 bits per heavy atom. The zero-order valence-corrected chi connectivity index (χ0v) is 18.0. The minimum Gasteiger partial charge on any atom is -0.309 e. The van der Waals surface area contributed by atoms with E-state index in [-0.39, 0.29) is 41.4 Å². The number of imide groups is 1. The number of carbonyl (C=O) groups is 3. The van der Waals surface area contributed by atoms with Gasteiger partial charge in [-0.05, 0) is 37.1 Å². The van der Waals surface area contributed by atoms with Gasteiger partial charge < -0.3 is 5.32 Å². The van der Waals surface area contributed by atoms with Gasteiger partial charge in [0, 0.05) is 11.5 Å². The molecule has 1 aromatic heterocycles. The van der Waals surface area contributed by atoms with Crippen LogP contribution in [0.5, 0.6) is 0 Å². The predicted molar refractivity (Wildman–Crippen MR) is 113 cm³/mol. The number of hydrogen-bond acceptors (Lipinski definition) is 4. The minimum atomic E-state index is -0.468. The Bertz CT molecular complexity index is 998. The van der Waals surface area contributed by atoms with Crippen molar-refractivity contribution in [2.24, 2.45) is 11.8 Å². The lowest BCUT2D eigenvalue weighted by molar-refractivity contribution is -0.142. The Morgan fingerprint density at radius 1 is 1.10 bits per heavy atom. The van der Waals surface area contributed by atoms with Crippen LogP contribution < -0.4 is 5.32 Å². The molecule has 1 saturated heterocycles. The lowest BCUT2D eigenvalue weighted by atomic mass is 9.81. The topological polar surface area (TPSA) is 84.3 Å². The van der Waals surface area contributed by atoms with Gasteiger partial charge in [0.15, 0.2) is 0 Å². The molecular formula is C23H27FN4O3. The van der Waals surface area contributed by atoms with Crippen LogP contribution in [0.25, 0.3) is 5.69 Å². The van der Waals surface area contributed by atoms with Gasteiger partial charge in [-0.3, -0.25) is 19.3 Å². The predicted octanol–water partition coefficient (Wildman–Crippen LogP) is 3.42. The zero-order valence-electron chi connectivity index (χ0n) is 18.0. The molecule has 1 saturated carbocycles. The lowest BCUT2D eigenvalue weighted by Crippen LogP contribution is -2.38. The van der Waals surface area contributed by atoms with Gasteiger partial charge in [-0.1, -0.05) is 33.6 Å². The number of hydrogen-bond donors (Lipinski definition) is 1. The highest BCUT2D eigenvalue weighted by Gasteiger charge is 2.48. The fraction of sp³-hybridized carbons (Fsp3) is 0.478. The van der Waals surface area contributed by atoms with E-state index in [0.29, 0.717) is 24.3 Å². The number of rotatable bonds is 4. The maximum absolute atomic E-state index is 13.4. The summed E-state index contributed by atoms with van der Waals surface area (Å²) in [5.41, 5.74) is 1.06. The summed E-state index contributed by atoms with van der Waals surface area (Å²) in [4.78, 5) is 39.2. The van der Waals surface area contributed by atoms with Crippen LogP contribution in [0.4, 0.5) is 10.2 Å². The van der Waals surface area contributed by atoms with Gasteiger partial charge in [0.05, 0.1) is 23.2 Å². The van der Waals surface area contributed by atoms with Gasteiger partial charge >= 0.3 is 0 Å². The number of fused-ring (bicyclic) bond motifs is 1. The van der Waals surface area contributed by atoms with Crippen molar-refractivity contribution < 1.29 is 18.8 Å². The van der Waals surface area contributed by atoms with Crippen molar-refractivity contribution >= 4 is 23.5 Å². The summed E-state index contributed by atoms with van der Waals surface area (Å²) in [5.74, 6) is -1.50. The van der Waals surface area contributed by atoms with Crippen LogP contribution >= 0.6 is 0 Å². The third kappa shape index (κ3) is 4.11. The lowest BCUT2D eigenvalue weighted by Gasteiger charge is -2.19. The molecule has 2 unspecified atom stereocenters. The molecule has 2 fully saturated rings. The summed E-state index contributed by atoms with van der Waals surface area (Å²) in [5, 5.41) is 7.37. The first-order valence-electron chi connectivity index (χ1n) is 10.7. The Balaban J connectivity index is 1.56. The molecule has 2 aromatic rings. The van der Waals surface area contributed by atoms with Crippen molar-refractivity contribution in [1.29, 1.82) is 0 Å². The number of likely N-dealkylation sites (tertiary alicyclic amines) is 1. The molecule has 164 valence electrons. The fourth-order valence-electron chi connectivity index (χ4n) is 4.33. The van der Waals surface area contributed by atoms with Crippen LogP contribution in [-0.4, -0.2) is 38.9 Å². The summed E-state index contributed by atoms with van der Waals surface area (Å²) in [6.07, 6.45) is 3.29. The van der Waals surface area contributed by atoms with E-state index in [1.165, 1.54) is 16.8 Å². The molecule has 1 aliphatic heterocycles. The van der Waals surface area contributed by atoms with E-state index in [4.69, 9.17) is 0 Å². The summed E-state index contributed by atoms with van der Waals surface area (Å²) >= 11 is 0. The zero-order chi connectivity index (χ0) is 22.3. The van der Waals surface area contributed by atoms with Gasteiger partial charge in [0.1, 0.15) is 18.2 Å². The first-order chi connectivity index (χ1) is 14.6. The van der Waals surface area contributed by atoms with E-state index in [9.17, 15) is 18.8 Å². The summed E-state index contributed by atoms with van der Waals surface area (Å²) in [7, 11) is 0. The molecule has 0 spiro atoms. The maximum atomic E-state index is 13.4. The van der Waals surface area contributed by atoms with Crippen molar-refractivity contribution in [3.63, 3.8) is 0 Å². The van der Waals surface area contributed by atoms with Gasteiger partial charge in [-0.2, -0.15) is 5.10 Å². The Morgan fingerprint density at radius 2 is 1.68 bits per heavy atom. The van der Waals surface area contributed by atoms with Crippen LogP contribution in [0.15, 0.2) is 30.3 Å². The van der Waals surface area contributed by atoms with E-state index in [2.05, 4.69) is 10.4 Å². The molecular weight excluding hydrogens is 399 g/mol. The molecule has 2 aliphatic rings. The first-order valence-corrected chi connectivity index (χ1v) is 10.7.